The molecule has 0 aromatic heterocycles. The average molecular weight is 326 g/mol. The van der Waals surface area contributed by atoms with Gasteiger partial charge in [-0.25, -0.2) is 0 Å². The fourth-order valence-corrected chi connectivity index (χ4v) is 5.44. The van der Waals surface area contributed by atoms with Crippen LogP contribution in [-0.4, -0.2) is 28.9 Å². The summed E-state index contributed by atoms with van der Waals surface area (Å²) < 4.78 is 0. The summed E-state index contributed by atoms with van der Waals surface area (Å²) in [5.74, 6) is 1.14. The molecule has 4 rings (SSSR count). The van der Waals surface area contributed by atoms with E-state index in [0.717, 1.165) is 25.9 Å². The second-order valence-electron chi connectivity index (χ2n) is 8.18. The minimum Gasteiger partial charge on any atom is -0.337 e. The Labute approximate surface area is 145 Å². The van der Waals surface area contributed by atoms with Crippen molar-refractivity contribution in [2.75, 3.05) is 6.54 Å². The maximum Gasteiger partial charge on any atom is 0.223 e. The number of benzene rings is 1. The van der Waals surface area contributed by atoms with Gasteiger partial charge in [0.15, 0.2) is 0 Å². The fraction of sp³-hybridized carbons (Fsp3) is 0.667. The molecule has 3 heteroatoms. The Bertz CT molecular complexity index is 596. The number of rotatable bonds is 3. The molecular weight excluding hydrogens is 296 g/mol. The molecule has 1 aromatic carbocycles. The van der Waals surface area contributed by atoms with Gasteiger partial charge in [0.05, 0.1) is 0 Å². The number of carbonyl (C=O) groups excluding carboxylic acids is 1. The number of hydrogen-bond donors (Lipinski definition) is 1. The normalized spacial score (nSPS) is 33.0. The Morgan fingerprint density at radius 3 is 2.83 bits per heavy atom. The SMILES string of the molecule is Cc1ccc(CN[C@@H]2CC[C@@]34CCCN3C(=O)CCC[C@H]4C2)cc1. The third kappa shape index (κ3) is 2.88. The highest BCUT2D eigenvalue weighted by Crippen LogP contribution is 2.49. The van der Waals surface area contributed by atoms with Gasteiger partial charge in [-0.3, -0.25) is 4.79 Å². The van der Waals surface area contributed by atoms with E-state index in [4.69, 9.17) is 0 Å². The number of aryl methyl sites for hydroxylation is 1. The van der Waals surface area contributed by atoms with Gasteiger partial charge in [0.1, 0.15) is 0 Å². The minimum absolute atomic E-state index is 0.218. The van der Waals surface area contributed by atoms with Crippen LogP contribution in [0.2, 0.25) is 0 Å². The van der Waals surface area contributed by atoms with Crippen molar-refractivity contribution in [2.24, 2.45) is 5.92 Å². The fourth-order valence-electron chi connectivity index (χ4n) is 5.44. The van der Waals surface area contributed by atoms with E-state index in [0.29, 0.717) is 17.9 Å². The highest BCUT2D eigenvalue weighted by atomic mass is 16.2. The van der Waals surface area contributed by atoms with Crippen molar-refractivity contribution in [3.8, 4) is 0 Å². The maximum absolute atomic E-state index is 12.5. The second kappa shape index (κ2) is 6.51. The molecule has 3 nitrogen and oxygen atoms in total. The van der Waals surface area contributed by atoms with Crippen LogP contribution >= 0.6 is 0 Å². The highest BCUT2D eigenvalue weighted by molar-refractivity contribution is 5.78. The lowest BCUT2D eigenvalue weighted by Gasteiger charge is -2.48. The summed E-state index contributed by atoms with van der Waals surface area (Å²) in [6, 6.07) is 9.46. The smallest absolute Gasteiger partial charge is 0.223 e. The van der Waals surface area contributed by atoms with Crippen LogP contribution in [-0.2, 0) is 11.3 Å². The lowest BCUT2D eigenvalue weighted by atomic mass is 9.68. The Morgan fingerprint density at radius 2 is 2.00 bits per heavy atom. The molecule has 2 heterocycles. The van der Waals surface area contributed by atoms with Gasteiger partial charge >= 0.3 is 0 Å². The first-order valence-electron chi connectivity index (χ1n) is 9.77. The molecule has 1 amide bonds. The summed E-state index contributed by atoms with van der Waals surface area (Å²) >= 11 is 0. The summed E-state index contributed by atoms with van der Waals surface area (Å²) in [5, 5.41) is 3.80. The standard InChI is InChI=1S/C21H30N2O/c1-16-6-8-17(9-7-16)15-22-19-10-12-21-11-3-13-23(21)20(24)5-2-4-18(21)14-19/h6-9,18-19,22H,2-5,10-15H2,1H3/t18-,19+,21+/m0/s1. The van der Waals surface area contributed by atoms with Gasteiger partial charge in [0, 0.05) is 31.1 Å². The van der Waals surface area contributed by atoms with Crippen LogP contribution in [0.1, 0.15) is 62.5 Å². The quantitative estimate of drug-likeness (QED) is 0.916. The third-order valence-corrected chi connectivity index (χ3v) is 6.74. The topological polar surface area (TPSA) is 32.3 Å². The molecular formula is C21H30N2O. The van der Waals surface area contributed by atoms with Crippen molar-refractivity contribution in [1.82, 2.24) is 10.2 Å². The van der Waals surface area contributed by atoms with Crippen LogP contribution in [0.25, 0.3) is 0 Å². The predicted molar refractivity (Wildman–Crippen MR) is 96.7 cm³/mol. The first-order valence-corrected chi connectivity index (χ1v) is 9.77. The first kappa shape index (κ1) is 16.1. The van der Waals surface area contributed by atoms with Crippen LogP contribution in [0.5, 0.6) is 0 Å². The summed E-state index contributed by atoms with van der Waals surface area (Å²) in [6.07, 6.45) is 9.23. The molecule has 1 saturated carbocycles. The number of nitrogens with one attached hydrogen (secondary N) is 1. The minimum atomic E-state index is 0.218. The van der Waals surface area contributed by atoms with Crippen LogP contribution in [0, 0.1) is 12.8 Å². The van der Waals surface area contributed by atoms with Crippen molar-refractivity contribution in [3.63, 3.8) is 0 Å². The van der Waals surface area contributed by atoms with Gasteiger partial charge in [-0.05, 0) is 63.4 Å². The molecule has 2 aliphatic heterocycles. The second-order valence-corrected chi connectivity index (χ2v) is 8.18. The Kier molecular flexibility index (Phi) is 4.38. The number of hydrogen-bond acceptors (Lipinski definition) is 2. The molecule has 1 spiro atoms. The third-order valence-electron chi connectivity index (χ3n) is 6.74. The molecule has 3 atom stereocenters. The van der Waals surface area contributed by atoms with Gasteiger partial charge in [-0.1, -0.05) is 29.8 Å². The van der Waals surface area contributed by atoms with Crippen LogP contribution in [0.4, 0.5) is 0 Å². The molecule has 0 unspecified atom stereocenters. The monoisotopic (exact) mass is 326 g/mol. The van der Waals surface area contributed by atoms with Gasteiger partial charge in [-0.15, -0.1) is 0 Å². The van der Waals surface area contributed by atoms with E-state index in [-0.39, 0.29) is 5.54 Å². The van der Waals surface area contributed by atoms with Gasteiger partial charge in [-0.2, -0.15) is 0 Å². The average Bonchev–Trinajstić information content (AvgIpc) is 2.96. The Hall–Kier alpha value is -1.35. The number of carbonyl (C=O) groups is 1. The largest absolute Gasteiger partial charge is 0.337 e. The summed E-state index contributed by atoms with van der Waals surface area (Å²) in [7, 11) is 0. The maximum atomic E-state index is 12.5. The Morgan fingerprint density at radius 1 is 1.17 bits per heavy atom. The van der Waals surface area contributed by atoms with Gasteiger partial charge in [0.2, 0.25) is 5.91 Å². The molecule has 1 aromatic rings. The molecule has 3 aliphatic rings. The molecule has 3 fully saturated rings. The van der Waals surface area contributed by atoms with E-state index < -0.39 is 0 Å². The molecule has 0 bridgehead atoms. The summed E-state index contributed by atoms with van der Waals surface area (Å²) in [6.45, 7) is 4.11. The van der Waals surface area contributed by atoms with Crippen molar-refractivity contribution in [1.29, 1.82) is 0 Å². The molecule has 2 saturated heterocycles. The first-order chi connectivity index (χ1) is 11.7. The van der Waals surface area contributed by atoms with Crippen molar-refractivity contribution >= 4 is 5.91 Å². The lowest BCUT2D eigenvalue weighted by molar-refractivity contribution is -0.137. The molecule has 0 radical (unpaired) electrons. The molecule has 24 heavy (non-hydrogen) atoms. The van der Waals surface area contributed by atoms with Gasteiger partial charge < -0.3 is 10.2 Å². The van der Waals surface area contributed by atoms with Crippen LogP contribution in [0.15, 0.2) is 24.3 Å². The lowest BCUT2D eigenvalue weighted by Crippen LogP contribution is -2.55. The Balaban J connectivity index is 1.41. The summed E-state index contributed by atoms with van der Waals surface area (Å²) in [4.78, 5) is 14.8. The zero-order valence-electron chi connectivity index (χ0n) is 14.9. The highest BCUT2D eigenvalue weighted by Gasteiger charge is 2.52. The van der Waals surface area contributed by atoms with E-state index in [1.807, 2.05) is 0 Å². The predicted octanol–water partition coefficient (Wildman–Crippen LogP) is 3.80. The number of nitrogens with zero attached hydrogens (tertiary/aromatic N) is 1. The van der Waals surface area contributed by atoms with Crippen molar-refractivity contribution in [2.45, 2.75) is 76.4 Å². The number of amides is 1. The zero-order chi connectivity index (χ0) is 16.6. The van der Waals surface area contributed by atoms with Crippen LogP contribution < -0.4 is 5.32 Å². The summed E-state index contributed by atoms with van der Waals surface area (Å²) in [5.41, 5.74) is 2.91. The van der Waals surface area contributed by atoms with E-state index in [1.54, 1.807) is 0 Å². The van der Waals surface area contributed by atoms with Crippen LogP contribution in [0.3, 0.4) is 0 Å². The zero-order valence-corrected chi connectivity index (χ0v) is 14.9. The van der Waals surface area contributed by atoms with E-state index in [1.165, 1.54) is 49.7 Å². The van der Waals surface area contributed by atoms with E-state index in [9.17, 15) is 4.79 Å². The van der Waals surface area contributed by atoms with E-state index in [2.05, 4.69) is 41.4 Å². The van der Waals surface area contributed by atoms with Gasteiger partial charge in [0.25, 0.3) is 0 Å². The molecule has 1 N–H and O–H groups in total. The molecule has 1 aliphatic carbocycles. The van der Waals surface area contributed by atoms with Crippen molar-refractivity contribution in [3.05, 3.63) is 35.4 Å². The van der Waals surface area contributed by atoms with E-state index >= 15 is 0 Å². The molecule has 130 valence electrons. The van der Waals surface area contributed by atoms with Crippen molar-refractivity contribution < 1.29 is 4.79 Å².